The van der Waals surface area contributed by atoms with Gasteiger partial charge in [-0.25, -0.2) is 8.42 Å². The second-order valence-corrected chi connectivity index (χ2v) is 6.41. The summed E-state index contributed by atoms with van der Waals surface area (Å²) in [5, 5.41) is 12.4. The van der Waals surface area contributed by atoms with E-state index < -0.39 is 21.8 Å². The minimum Gasteiger partial charge on any atom is -0.481 e. The van der Waals surface area contributed by atoms with Crippen molar-refractivity contribution in [3.05, 3.63) is 12.2 Å². The van der Waals surface area contributed by atoms with Crippen molar-refractivity contribution < 1.29 is 22.8 Å². The molecule has 0 aromatic carbocycles. The SMILES string of the molecule is O=C(O)CC1CS(=O)(=O)CCN1Cc1ncon1. The third-order valence-corrected chi connectivity index (χ3v) is 4.51. The molecule has 0 bridgehead atoms. The Morgan fingerprint density at radius 1 is 1.61 bits per heavy atom. The van der Waals surface area contributed by atoms with Crippen LogP contribution >= 0.6 is 0 Å². The Bertz CT molecular complexity index is 512. The number of hydrogen-bond acceptors (Lipinski definition) is 7. The Balaban J connectivity index is 2.09. The summed E-state index contributed by atoms with van der Waals surface area (Å²) in [4.78, 5) is 16.4. The average molecular weight is 275 g/mol. The van der Waals surface area contributed by atoms with Crippen LogP contribution in [0.1, 0.15) is 12.2 Å². The Kier molecular flexibility index (Phi) is 3.62. The molecule has 1 aromatic heterocycles. The lowest BCUT2D eigenvalue weighted by Crippen LogP contribution is -2.48. The van der Waals surface area contributed by atoms with Crippen molar-refractivity contribution in [2.24, 2.45) is 0 Å². The summed E-state index contributed by atoms with van der Waals surface area (Å²) < 4.78 is 27.6. The van der Waals surface area contributed by atoms with E-state index >= 15 is 0 Å². The van der Waals surface area contributed by atoms with Crippen molar-refractivity contribution in [1.82, 2.24) is 15.0 Å². The van der Waals surface area contributed by atoms with Crippen LogP contribution in [0.5, 0.6) is 0 Å². The number of carbonyl (C=O) groups is 1. The van der Waals surface area contributed by atoms with Gasteiger partial charge in [-0.3, -0.25) is 9.69 Å². The molecule has 1 atom stereocenters. The van der Waals surface area contributed by atoms with Crippen LogP contribution in [0.3, 0.4) is 0 Å². The number of carboxylic acid groups (broad SMARTS) is 1. The predicted octanol–water partition coefficient (Wildman–Crippen LogP) is -0.857. The standard InChI is InChI=1S/C9H13N3O5S/c13-9(14)3-7-5-18(15,16)2-1-12(7)4-8-10-6-17-11-8/h6-7H,1-5H2,(H,13,14). The highest BCUT2D eigenvalue weighted by atomic mass is 32.2. The molecule has 1 aromatic rings. The fraction of sp³-hybridized carbons (Fsp3) is 0.667. The van der Waals surface area contributed by atoms with Gasteiger partial charge in [-0.15, -0.1) is 0 Å². The summed E-state index contributed by atoms with van der Waals surface area (Å²) in [5.41, 5.74) is 0. The van der Waals surface area contributed by atoms with Crippen molar-refractivity contribution in [3.8, 4) is 0 Å². The van der Waals surface area contributed by atoms with E-state index in [0.29, 0.717) is 12.4 Å². The zero-order valence-electron chi connectivity index (χ0n) is 9.52. The number of sulfone groups is 1. The van der Waals surface area contributed by atoms with Gasteiger partial charge in [0.2, 0.25) is 6.39 Å². The molecular formula is C9H13N3O5S. The van der Waals surface area contributed by atoms with Gasteiger partial charge in [0.15, 0.2) is 15.7 Å². The van der Waals surface area contributed by atoms with E-state index in [1.54, 1.807) is 4.90 Å². The fourth-order valence-electron chi connectivity index (χ4n) is 1.96. The number of hydrogen-bond donors (Lipinski definition) is 1. The Labute approximate surface area is 104 Å². The average Bonchev–Trinajstić information content (AvgIpc) is 2.73. The first-order valence-corrected chi connectivity index (χ1v) is 7.20. The third-order valence-electron chi connectivity index (χ3n) is 2.81. The van der Waals surface area contributed by atoms with Crippen LogP contribution in [0.2, 0.25) is 0 Å². The van der Waals surface area contributed by atoms with Crippen LogP contribution in [0.25, 0.3) is 0 Å². The van der Waals surface area contributed by atoms with Gasteiger partial charge >= 0.3 is 5.97 Å². The van der Waals surface area contributed by atoms with Crippen molar-refractivity contribution in [2.75, 3.05) is 18.1 Å². The summed E-state index contributed by atoms with van der Waals surface area (Å²) >= 11 is 0. The van der Waals surface area contributed by atoms with E-state index in [-0.39, 0.29) is 24.5 Å². The second kappa shape index (κ2) is 5.02. The molecule has 2 rings (SSSR count). The normalized spacial score (nSPS) is 23.9. The predicted molar refractivity (Wildman–Crippen MR) is 59.4 cm³/mol. The maximum atomic E-state index is 11.5. The largest absolute Gasteiger partial charge is 0.481 e. The highest BCUT2D eigenvalue weighted by molar-refractivity contribution is 7.91. The van der Waals surface area contributed by atoms with Gasteiger partial charge in [-0.1, -0.05) is 5.16 Å². The Morgan fingerprint density at radius 2 is 2.39 bits per heavy atom. The first-order valence-electron chi connectivity index (χ1n) is 5.38. The molecule has 2 heterocycles. The molecule has 0 aliphatic carbocycles. The van der Waals surface area contributed by atoms with Gasteiger partial charge in [0.1, 0.15) is 0 Å². The number of rotatable bonds is 4. The van der Waals surface area contributed by atoms with Gasteiger partial charge in [0.25, 0.3) is 0 Å². The summed E-state index contributed by atoms with van der Waals surface area (Å²) in [6.45, 7) is 0.582. The van der Waals surface area contributed by atoms with E-state index in [9.17, 15) is 13.2 Å². The van der Waals surface area contributed by atoms with Crippen LogP contribution in [0.15, 0.2) is 10.9 Å². The fourth-order valence-corrected chi connectivity index (χ4v) is 3.56. The first-order chi connectivity index (χ1) is 8.46. The molecule has 18 heavy (non-hydrogen) atoms. The van der Waals surface area contributed by atoms with Gasteiger partial charge in [0, 0.05) is 12.6 Å². The van der Waals surface area contributed by atoms with Gasteiger partial charge < -0.3 is 9.63 Å². The number of carboxylic acids is 1. The van der Waals surface area contributed by atoms with E-state index in [4.69, 9.17) is 5.11 Å². The Hall–Kier alpha value is -1.48. The molecule has 0 saturated carbocycles. The molecule has 0 amide bonds. The number of nitrogens with zero attached hydrogens (tertiary/aromatic N) is 3. The molecule has 100 valence electrons. The number of aromatic nitrogens is 2. The van der Waals surface area contributed by atoms with Crippen LogP contribution in [-0.2, 0) is 21.2 Å². The molecule has 1 saturated heterocycles. The monoisotopic (exact) mass is 275 g/mol. The molecule has 1 unspecified atom stereocenters. The lowest BCUT2D eigenvalue weighted by Gasteiger charge is -2.33. The van der Waals surface area contributed by atoms with E-state index in [2.05, 4.69) is 14.7 Å². The van der Waals surface area contributed by atoms with Crippen molar-refractivity contribution >= 4 is 15.8 Å². The lowest BCUT2D eigenvalue weighted by atomic mass is 10.2. The van der Waals surface area contributed by atoms with Crippen LogP contribution in [0, 0.1) is 0 Å². The summed E-state index contributed by atoms with van der Waals surface area (Å²) in [6, 6.07) is -0.542. The molecule has 9 heteroatoms. The van der Waals surface area contributed by atoms with Crippen LogP contribution < -0.4 is 0 Å². The summed E-state index contributed by atoms with van der Waals surface area (Å²) in [6.07, 6.45) is 0.972. The quantitative estimate of drug-likeness (QED) is 0.755. The highest BCUT2D eigenvalue weighted by Gasteiger charge is 2.33. The van der Waals surface area contributed by atoms with Gasteiger partial charge in [-0.2, -0.15) is 4.98 Å². The molecule has 0 spiro atoms. The molecule has 0 radical (unpaired) electrons. The highest BCUT2D eigenvalue weighted by Crippen LogP contribution is 2.16. The smallest absolute Gasteiger partial charge is 0.304 e. The molecule has 8 nitrogen and oxygen atoms in total. The minimum atomic E-state index is -3.16. The number of aliphatic carboxylic acids is 1. The molecule has 1 N–H and O–H groups in total. The van der Waals surface area contributed by atoms with Crippen LogP contribution in [0.4, 0.5) is 0 Å². The first kappa shape index (κ1) is 13.0. The molecule has 1 aliphatic rings. The van der Waals surface area contributed by atoms with Crippen LogP contribution in [-0.4, -0.2) is 58.6 Å². The lowest BCUT2D eigenvalue weighted by molar-refractivity contribution is -0.138. The minimum absolute atomic E-state index is 0.0287. The molecule has 1 fully saturated rings. The van der Waals surface area contributed by atoms with Gasteiger partial charge in [-0.05, 0) is 0 Å². The maximum absolute atomic E-state index is 11.5. The van der Waals surface area contributed by atoms with Crippen molar-refractivity contribution in [2.45, 2.75) is 19.0 Å². The van der Waals surface area contributed by atoms with Crippen molar-refractivity contribution in [3.63, 3.8) is 0 Å². The van der Waals surface area contributed by atoms with E-state index in [1.165, 1.54) is 6.39 Å². The third kappa shape index (κ3) is 3.26. The topological polar surface area (TPSA) is 114 Å². The zero-order valence-corrected chi connectivity index (χ0v) is 10.3. The maximum Gasteiger partial charge on any atom is 0.304 e. The van der Waals surface area contributed by atoms with E-state index in [0.717, 1.165) is 0 Å². The van der Waals surface area contributed by atoms with Gasteiger partial charge in [0.05, 0.1) is 24.5 Å². The van der Waals surface area contributed by atoms with E-state index in [1.807, 2.05) is 0 Å². The van der Waals surface area contributed by atoms with Crippen molar-refractivity contribution in [1.29, 1.82) is 0 Å². The Morgan fingerprint density at radius 3 is 3.00 bits per heavy atom. The summed E-state index contributed by atoms with van der Waals surface area (Å²) in [7, 11) is -3.16. The second-order valence-electron chi connectivity index (χ2n) is 4.18. The summed E-state index contributed by atoms with van der Waals surface area (Å²) in [5.74, 6) is -0.710. The zero-order chi connectivity index (χ0) is 13.2. The molecule has 1 aliphatic heterocycles. The molecular weight excluding hydrogens is 262 g/mol.